The van der Waals surface area contributed by atoms with Crippen molar-refractivity contribution in [1.82, 2.24) is 15.0 Å². The van der Waals surface area contributed by atoms with Crippen molar-refractivity contribution in [1.29, 1.82) is 0 Å². The van der Waals surface area contributed by atoms with Gasteiger partial charge in [0.1, 0.15) is 5.82 Å². The summed E-state index contributed by atoms with van der Waals surface area (Å²) in [5.41, 5.74) is 6.31. The Bertz CT molecular complexity index is 1170. The molecule has 8 heteroatoms. The van der Waals surface area contributed by atoms with E-state index in [0.717, 1.165) is 16.7 Å². The zero-order valence-electron chi connectivity index (χ0n) is 17.0. The predicted molar refractivity (Wildman–Crippen MR) is 112 cm³/mol. The molecule has 152 valence electrons. The number of sulfonamides is 1. The standard InChI is InChI=1S/C21H23FN4O2S/c1-12-13(2)15(4)21(16(5)14(12)3)29(27,28)26-24-11-18-10-23-25-20(18)17-6-8-19(22)9-7-17/h6-11,26H,1-5H3,(H,23,25). The van der Waals surface area contributed by atoms with Gasteiger partial charge in [0.25, 0.3) is 10.0 Å². The van der Waals surface area contributed by atoms with Gasteiger partial charge in [0.2, 0.25) is 0 Å². The minimum atomic E-state index is -3.85. The van der Waals surface area contributed by atoms with Gasteiger partial charge in [-0.15, -0.1) is 0 Å². The molecule has 6 nitrogen and oxygen atoms in total. The molecule has 0 spiro atoms. The maximum atomic E-state index is 13.1. The molecule has 0 aliphatic carbocycles. The van der Waals surface area contributed by atoms with E-state index in [1.807, 2.05) is 20.8 Å². The van der Waals surface area contributed by atoms with E-state index in [2.05, 4.69) is 20.1 Å². The number of nitrogens with one attached hydrogen (secondary N) is 2. The van der Waals surface area contributed by atoms with Crippen molar-refractivity contribution in [3.8, 4) is 11.3 Å². The summed E-state index contributed by atoms with van der Waals surface area (Å²) in [6.45, 7) is 9.42. The quantitative estimate of drug-likeness (QED) is 0.487. The third-order valence-electron chi connectivity index (χ3n) is 5.38. The molecule has 0 radical (unpaired) electrons. The highest BCUT2D eigenvalue weighted by Gasteiger charge is 2.23. The molecule has 0 fully saturated rings. The summed E-state index contributed by atoms with van der Waals surface area (Å²) in [5.74, 6) is -0.342. The van der Waals surface area contributed by atoms with Gasteiger partial charge in [0.05, 0.1) is 23.0 Å². The van der Waals surface area contributed by atoms with Crippen molar-refractivity contribution in [3.63, 3.8) is 0 Å². The summed E-state index contributed by atoms with van der Waals surface area (Å²) in [6.07, 6.45) is 2.89. The number of nitrogens with zero attached hydrogens (tertiary/aromatic N) is 2. The molecule has 3 rings (SSSR count). The Morgan fingerprint density at radius 1 is 0.966 bits per heavy atom. The van der Waals surface area contributed by atoms with Crippen molar-refractivity contribution < 1.29 is 12.8 Å². The van der Waals surface area contributed by atoms with Crippen molar-refractivity contribution in [2.45, 2.75) is 39.5 Å². The van der Waals surface area contributed by atoms with Crippen molar-refractivity contribution in [3.05, 3.63) is 69.7 Å². The number of hydrogen-bond donors (Lipinski definition) is 2. The summed E-state index contributed by atoms with van der Waals surface area (Å²) in [5, 5.41) is 10.7. The van der Waals surface area contributed by atoms with Gasteiger partial charge >= 0.3 is 0 Å². The maximum Gasteiger partial charge on any atom is 0.277 e. The number of benzene rings is 2. The lowest BCUT2D eigenvalue weighted by molar-refractivity contribution is 0.583. The first kappa shape index (κ1) is 20.7. The third kappa shape index (κ3) is 3.93. The topological polar surface area (TPSA) is 87.2 Å². The van der Waals surface area contributed by atoms with Crippen LogP contribution in [0.25, 0.3) is 11.3 Å². The third-order valence-corrected chi connectivity index (χ3v) is 6.87. The molecule has 0 aliphatic heterocycles. The first-order valence-corrected chi connectivity index (χ1v) is 10.5. The molecule has 1 aromatic heterocycles. The Labute approximate surface area is 169 Å². The molecule has 2 aromatic carbocycles. The molecule has 0 amide bonds. The van der Waals surface area contributed by atoms with Crippen molar-refractivity contribution >= 4 is 16.2 Å². The fourth-order valence-electron chi connectivity index (χ4n) is 3.32. The van der Waals surface area contributed by atoms with Crippen molar-refractivity contribution in [2.24, 2.45) is 5.10 Å². The van der Waals surface area contributed by atoms with Crippen molar-refractivity contribution in [2.75, 3.05) is 0 Å². The lowest BCUT2D eigenvalue weighted by Gasteiger charge is -2.18. The molecular weight excluding hydrogens is 391 g/mol. The SMILES string of the molecule is Cc1c(C)c(C)c(S(=O)(=O)NN=Cc2cn[nH]c2-c2ccc(F)cc2)c(C)c1C. The highest BCUT2D eigenvalue weighted by Crippen LogP contribution is 2.29. The lowest BCUT2D eigenvalue weighted by atomic mass is 9.95. The Kier molecular flexibility index (Phi) is 5.57. The normalized spacial score (nSPS) is 11.9. The van der Waals surface area contributed by atoms with E-state index < -0.39 is 10.0 Å². The fraction of sp³-hybridized carbons (Fsp3) is 0.238. The van der Waals surface area contributed by atoms with Gasteiger partial charge in [-0.2, -0.15) is 18.6 Å². The minimum Gasteiger partial charge on any atom is -0.277 e. The van der Waals surface area contributed by atoms with E-state index in [1.54, 1.807) is 26.0 Å². The number of aromatic amines is 1. The number of H-pyrrole nitrogens is 1. The smallest absolute Gasteiger partial charge is 0.277 e. The van der Waals surface area contributed by atoms with Crippen LogP contribution in [0.15, 0.2) is 40.5 Å². The van der Waals surface area contributed by atoms with Crippen LogP contribution in [0.5, 0.6) is 0 Å². The number of rotatable bonds is 5. The summed E-state index contributed by atoms with van der Waals surface area (Å²) in [4.78, 5) is 2.55. The van der Waals surface area contributed by atoms with Gasteiger partial charge in [-0.1, -0.05) is 0 Å². The van der Waals surface area contributed by atoms with Crippen LogP contribution in [0.1, 0.15) is 33.4 Å². The molecule has 0 aliphatic rings. The average molecular weight is 415 g/mol. The number of hydrogen-bond acceptors (Lipinski definition) is 4. The van der Waals surface area contributed by atoms with Crippen LogP contribution in [0.2, 0.25) is 0 Å². The van der Waals surface area contributed by atoms with E-state index in [0.29, 0.717) is 27.9 Å². The maximum absolute atomic E-state index is 13.1. The lowest BCUT2D eigenvalue weighted by Crippen LogP contribution is -2.22. The Morgan fingerprint density at radius 2 is 1.52 bits per heavy atom. The van der Waals surface area contributed by atoms with Gasteiger partial charge in [-0.3, -0.25) is 5.10 Å². The summed E-state index contributed by atoms with van der Waals surface area (Å²) in [7, 11) is -3.85. The van der Waals surface area contributed by atoms with Crippen LogP contribution in [-0.4, -0.2) is 24.8 Å². The number of aromatic nitrogens is 2. The van der Waals surface area contributed by atoms with Gasteiger partial charge < -0.3 is 0 Å². The van der Waals surface area contributed by atoms with Crippen LogP contribution in [0, 0.1) is 40.4 Å². The molecule has 0 saturated heterocycles. The van der Waals surface area contributed by atoms with E-state index >= 15 is 0 Å². The first-order chi connectivity index (χ1) is 13.6. The molecule has 3 aromatic rings. The Balaban J connectivity index is 1.91. The largest absolute Gasteiger partial charge is 0.277 e. The second-order valence-electron chi connectivity index (χ2n) is 7.01. The molecular formula is C21H23FN4O2S. The highest BCUT2D eigenvalue weighted by molar-refractivity contribution is 7.89. The van der Waals surface area contributed by atoms with Gasteiger partial charge in [0, 0.05) is 11.1 Å². The number of halogens is 1. The molecule has 2 N–H and O–H groups in total. The zero-order valence-corrected chi connectivity index (χ0v) is 17.8. The predicted octanol–water partition coefficient (Wildman–Crippen LogP) is 4.07. The van der Waals surface area contributed by atoms with E-state index in [9.17, 15) is 12.8 Å². The van der Waals surface area contributed by atoms with E-state index in [1.165, 1.54) is 24.5 Å². The molecule has 29 heavy (non-hydrogen) atoms. The molecule has 0 saturated carbocycles. The van der Waals surface area contributed by atoms with E-state index in [-0.39, 0.29) is 10.7 Å². The molecule has 1 heterocycles. The minimum absolute atomic E-state index is 0.251. The van der Waals surface area contributed by atoms with Gasteiger partial charge in [-0.25, -0.2) is 9.22 Å². The molecule has 0 unspecified atom stereocenters. The van der Waals surface area contributed by atoms with Crippen LogP contribution in [0.4, 0.5) is 4.39 Å². The summed E-state index contributed by atoms with van der Waals surface area (Å²) < 4.78 is 39.0. The monoisotopic (exact) mass is 414 g/mol. The van der Waals surface area contributed by atoms with Crippen LogP contribution in [-0.2, 0) is 10.0 Å². The summed E-state index contributed by atoms with van der Waals surface area (Å²) >= 11 is 0. The second kappa shape index (κ2) is 7.79. The fourth-order valence-corrected chi connectivity index (χ4v) is 4.72. The van der Waals surface area contributed by atoms with Gasteiger partial charge in [0.15, 0.2) is 0 Å². The van der Waals surface area contributed by atoms with Crippen LogP contribution in [0.3, 0.4) is 0 Å². The Morgan fingerprint density at radius 3 is 2.10 bits per heavy atom. The average Bonchev–Trinajstić information content (AvgIpc) is 3.13. The first-order valence-electron chi connectivity index (χ1n) is 9.04. The van der Waals surface area contributed by atoms with Crippen LogP contribution >= 0.6 is 0 Å². The Hall–Kier alpha value is -3.00. The zero-order chi connectivity index (χ0) is 21.3. The van der Waals surface area contributed by atoms with Gasteiger partial charge in [-0.05, 0) is 86.7 Å². The second-order valence-corrected chi connectivity index (χ2v) is 8.61. The highest BCUT2D eigenvalue weighted by atomic mass is 32.2. The van der Waals surface area contributed by atoms with E-state index in [4.69, 9.17) is 0 Å². The van der Waals surface area contributed by atoms with Crippen LogP contribution < -0.4 is 4.83 Å². The summed E-state index contributed by atoms with van der Waals surface area (Å²) in [6, 6.07) is 5.89. The molecule has 0 bridgehead atoms. The number of hydrazone groups is 1. The molecule has 0 atom stereocenters.